The number of nitrogens with one attached hydrogen (secondary N) is 1. The number of nitrogens with zero attached hydrogens (tertiary/aromatic N) is 1. The lowest BCUT2D eigenvalue weighted by Crippen LogP contribution is -2.36. The number of esters is 1. The molecule has 5 nitrogen and oxygen atoms in total. The van der Waals surface area contributed by atoms with Gasteiger partial charge in [-0.1, -0.05) is 29.8 Å². The summed E-state index contributed by atoms with van der Waals surface area (Å²) in [6.07, 6.45) is 4.21. The van der Waals surface area contributed by atoms with Crippen molar-refractivity contribution in [3.8, 4) is 0 Å². The summed E-state index contributed by atoms with van der Waals surface area (Å²) in [5.41, 5.74) is 4.57. The molecular formula is C25H25ClN2O3. The molecule has 4 rings (SSSR count). The van der Waals surface area contributed by atoms with Gasteiger partial charge in [0.25, 0.3) is 0 Å². The molecule has 0 radical (unpaired) electrons. The zero-order chi connectivity index (χ0) is 22.1. The van der Waals surface area contributed by atoms with Crippen LogP contribution in [-0.2, 0) is 14.3 Å². The molecule has 2 aromatic rings. The van der Waals surface area contributed by atoms with E-state index in [1.54, 1.807) is 12.4 Å². The van der Waals surface area contributed by atoms with Crippen LogP contribution in [0.2, 0.25) is 5.02 Å². The summed E-state index contributed by atoms with van der Waals surface area (Å²) in [6.45, 7) is 5.49. The highest BCUT2D eigenvalue weighted by atomic mass is 35.5. The van der Waals surface area contributed by atoms with Gasteiger partial charge in [0.2, 0.25) is 0 Å². The van der Waals surface area contributed by atoms with E-state index in [4.69, 9.17) is 16.3 Å². The highest BCUT2D eigenvalue weighted by Crippen LogP contribution is 2.45. The van der Waals surface area contributed by atoms with E-state index < -0.39 is 11.9 Å². The fourth-order valence-corrected chi connectivity index (χ4v) is 4.56. The molecule has 160 valence electrons. The van der Waals surface area contributed by atoms with Gasteiger partial charge in [-0.15, -0.1) is 0 Å². The third-order valence-corrected chi connectivity index (χ3v) is 6.00. The van der Waals surface area contributed by atoms with Crippen LogP contribution in [0, 0.1) is 0 Å². The van der Waals surface area contributed by atoms with Crippen molar-refractivity contribution < 1.29 is 14.3 Å². The van der Waals surface area contributed by atoms with Gasteiger partial charge in [0, 0.05) is 46.7 Å². The Labute approximate surface area is 187 Å². The van der Waals surface area contributed by atoms with E-state index >= 15 is 0 Å². The number of allylic oxidation sites excluding steroid dienone is 3. The number of aromatic nitrogens is 1. The van der Waals surface area contributed by atoms with Crippen molar-refractivity contribution in [3.63, 3.8) is 0 Å². The average Bonchev–Trinajstić information content (AvgIpc) is 2.73. The van der Waals surface area contributed by atoms with Crippen molar-refractivity contribution in [3.05, 3.63) is 87.5 Å². The quantitative estimate of drug-likeness (QED) is 0.679. The van der Waals surface area contributed by atoms with Gasteiger partial charge in [-0.3, -0.25) is 9.78 Å². The number of ketones is 1. The van der Waals surface area contributed by atoms with E-state index in [0.29, 0.717) is 34.7 Å². The maximum atomic E-state index is 13.4. The van der Waals surface area contributed by atoms with Gasteiger partial charge in [0.05, 0.1) is 11.7 Å². The highest BCUT2D eigenvalue weighted by Gasteiger charge is 2.41. The van der Waals surface area contributed by atoms with Crippen molar-refractivity contribution >= 4 is 23.4 Å². The number of Topliss-reactive ketones (excluding diaryl/α,β-unsaturated/α-hetero) is 1. The van der Waals surface area contributed by atoms with Gasteiger partial charge in [-0.2, -0.15) is 0 Å². The molecule has 0 saturated carbocycles. The van der Waals surface area contributed by atoms with Crippen molar-refractivity contribution in [2.24, 2.45) is 0 Å². The Morgan fingerprint density at radius 2 is 1.90 bits per heavy atom. The summed E-state index contributed by atoms with van der Waals surface area (Å²) in [4.78, 5) is 30.7. The number of ether oxygens (including phenoxy) is 1. The van der Waals surface area contributed by atoms with Crippen LogP contribution in [0.25, 0.3) is 0 Å². The minimum Gasteiger partial charge on any atom is -0.460 e. The van der Waals surface area contributed by atoms with Gasteiger partial charge in [-0.25, -0.2) is 4.79 Å². The fourth-order valence-electron chi connectivity index (χ4n) is 4.44. The number of hydrogen-bond acceptors (Lipinski definition) is 5. The van der Waals surface area contributed by atoms with Crippen molar-refractivity contribution in [1.29, 1.82) is 0 Å². The second-order valence-corrected chi connectivity index (χ2v) is 8.75. The second kappa shape index (κ2) is 8.67. The molecule has 31 heavy (non-hydrogen) atoms. The first-order valence-electron chi connectivity index (χ1n) is 10.5. The molecule has 0 amide bonds. The molecule has 0 saturated heterocycles. The van der Waals surface area contributed by atoms with Crippen molar-refractivity contribution in [1.82, 2.24) is 10.3 Å². The van der Waals surface area contributed by atoms with Crippen LogP contribution >= 0.6 is 11.6 Å². The van der Waals surface area contributed by atoms with Crippen LogP contribution < -0.4 is 5.32 Å². The number of hydrogen-bond donors (Lipinski definition) is 1. The average molecular weight is 437 g/mol. The first-order valence-corrected chi connectivity index (χ1v) is 10.8. The van der Waals surface area contributed by atoms with E-state index in [2.05, 4.69) is 10.3 Å². The summed E-state index contributed by atoms with van der Waals surface area (Å²) in [6, 6.07) is 11.4. The van der Waals surface area contributed by atoms with Crippen LogP contribution in [0.3, 0.4) is 0 Å². The van der Waals surface area contributed by atoms with Gasteiger partial charge in [0.15, 0.2) is 5.78 Å². The molecule has 1 aromatic carbocycles. The molecule has 0 bridgehead atoms. The predicted octanol–water partition coefficient (Wildman–Crippen LogP) is 5.05. The number of rotatable bonds is 4. The van der Waals surface area contributed by atoms with Gasteiger partial charge in [-0.05, 0) is 62.4 Å². The molecule has 1 aromatic heterocycles. The number of dihydropyridines is 1. The molecule has 2 aliphatic rings. The Balaban J connectivity index is 1.77. The summed E-state index contributed by atoms with van der Waals surface area (Å²) < 4.78 is 5.52. The molecule has 2 heterocycles. The smallest absolute Gasteiger partial charge is 0.337 e. The first-order chi connectivity index (χ1) is 14.8. The van der Waals surface area contributed by atoms with Crippen molar-refractivity contribution in [2.75, 3.05) is 0 Å². The molecule has 1 N–H and O–H groups in total. The molecule has 0 fully saturated rings. The topological polar surface area (TPSA) is 68.3 Å². The first kappa shape index (κ1) is 21.3. The predicted molar refractivity (Wildman–Crippen MR) is 120 cm³/mol. The monoisotopic (exact) mass is 436 g/mol. The minimum atomic E-state index is -0.491. The van der Waals surface area contributed by atoms with Gasteiger partial charge < -0.3 is 10.1 Å². The largest absolute Gasteiger partial charge is 0.460 e. The number of benzene rings is 1. The maximum Gasteiger partial charge on any atom is 0.337 e. The number of halogens is 1. The molecule has 2 atom stereocenters. The minimum absolute atomic E-state index is 0.0323. The van der Waals surface area contributed by atoms with Crippen LogP contribution in [0.5, 0.6) is 0 Å². The van der Waals surface area contributed by atoms with E-state index in [9.17, 15) is 9.59 Å². The molecule has 0 unspecified atom stereocenters. The summed E-state index contributed by atoms with van der Waals surface area (Å²) >= 11 is 6.03. The lowest BCUT2D eigenvalue weighted by atomic mass is 9.72. The maximum absolute atomic E-state index is 13.4. The Hall–Kier alpha value is -2.92. The van der Waals surface area contributed by atoms with Gasteiger partial charge in [0.1, 0.15) is 0 Å². The lowest BCUT2D eigenvalue weighted by Gasteiger charge is -2.36. The Morgan fingerprint density at radius 3 is 2.55 bits per heavy atom. The summed E-state index contributed by atoms with van der Waals surface area (Å²) in [5.74, 6) is -0.810. The summed E-state index contributed by atoms with van der Waals surface area (Å²) in [7, 11) is 0. The third-order valence-electron chi connectivity index (χ3n) is 5.75. The van der Waals surface area contributed by atoms with E-state index in [1.807, 2.05) is 57.2 Å². The SMILES string of the molecule is CC1=C(C(=O)OC(C)C)[C@@H](c2cccnc2)C2=C(C[C@H](c3ccc(Cl)cc3)CC2=O)N1. The highest BCUT2D eigenvalue weighted by molar-refractivity contribution is 6.30. The van der Waals surface area contributed by atoms with Crippen LogP contribution in [0.15, 0.2) is 71.3 Å². The molecule has 6 heteroatoms. The lowest BCUT2D eigenvalue weighted by molar-refractivity contribution is -0.143. The normalized spacial score (nSPS) is 21.1. The Bertz CT molecular complexity index is 1070. The van der Waals surface area contributed by atoms with E-state index in [0.717, 1.165) is 16.8 Å². The zero-order valence-electron chi connectivity index (χ0n) is 17.8. The van der Waals surface area contributed by atoms with E-state index in [1.165, 1.54) is 0 Å². The number of carbonyl (C=O) groups is 2. The van der Waals surface area contributed by atoms with Gasteiger partial charge >= 0.3 is 5.97 Å². The van der Waals surface area contributed by atoms with Crippen LogP contribution in [0.1, 0.15) is 56.6 Å². The summed E-state index contributed by atoms with van der Waals surface area (Å²) in [5, 5.41) is 4.03. The fraction of sp³-hybridized carbons (Fsp3) is 0.320. The molecule has 1 aliphatic heterocycles. The van der Waals surface area contributed by atoms with Crippen LogP contribution in [0.4, 0.5) is 0 Å². The molecular weight excluding hydrogens is 412 g/mol. The number of pyridine rings is 1. The second-order valence-electron chi connectivity index (χ2n) is 8.31. The number of carbonyl (C=O) groups excluding carboxylic acids is 2. The third kappa shape index (κ3) is 4.28. The Kier molecular flexibility index (Phi) is 5.96. The van der Waals surface area contributed by atoms with Crippen LogP contribution in [-0.4, -0.2) is 22.8 Å². The molecule has 1 aliphatic carbocycles. The standard InChI is InChI=1S/C25H25ClN2O3/c1-14(2)31-25(30)22-15(3)28-20-11-18(16-6-8-19(26)9-7-16)12-21(29)24(20)23(22)17-5-4-10-27-13-17/h4-10,13-14,18,23,28H,11-12H2,1-3H3/t18-,23+/m0/s1. The zero-order valence-corrected chi connectivity index (χ0v) is 18.6. The Morgan fingerprint density at radius 1 is 1.16 bits per heavy atom. The molecule has 0 spiro atoms. The van der Waals surface area contributed by atoms with Crippen molar-refractivity contribution in [2.45, 2.75) is 51.6 Å². The van der Waals surface area contributed by atoms with E-state index in [-0.39, 0.29) is 17.8 Å².